The number of benzene rings is 1. The summed E-state index contributed by atoms with van der Waals surface area (Å²) in [5.74, 6) is -1.06. The lowest BCUT2D eigenvalue weighted by atomic mass is 10.2. The number of rotatable bonds is 2. The van der Waals surface area contributed by atoms with Gasteiger partial charge in [0.15, 0.2) is 0 Å². The normalized spacial score (nSPS) is 10.3. The number of nitrogens with zero attached hydrogens (tertiary/aromatic N) is 1. The third kappa shape index (κ3) is 2.36. The van der Waals surface area contributed by atoms with Crippen LogP contribution in [0.2, 0.25) is 0 Å². The molecule has 0 unspecified atom stereocenters. The van der Waals surface area contributed by atoms with Gasteiger partial charge in [0.25, 0.3) is 5.56 Å². The molecule has 0 radical (unpaired) electrons. The highest BCUT2D eigenvalue weighted by atomic mass is 79.9. The van der Waals surface area contributed by atoms with Crippen molar-refractivity contribution in [2.75, 3.05) is 0 Å². The number of pyridine rings is 1. The minimum absolute atomic E-state index is 0.0778. The molecule has 0 aliphatic rings. The van der Waals surface area contributed by atoms with Crippen LogP contribution >= 0.6 is 15.9 Å². The van der Waals surface area contributed by atoms with Gasteiger partial charge >= 0.3 is 5.97 Å². The molecule has 2 rings (SSSR count). The number of hydrogen-bond acceptors (Lipinski definition) is 2. The van der Waals surface area contributed by atoms with Crippen molar-refractivity contribution in [3.8, 4) is 5.69 Å². The summed E-state index contributed by atoms with van der Waals surface area (Å²) in [6.45, 7) is 1.86. The number of carbonyl (C=O) groups is 1. The Balaban J connectivity index is 2.70. The van der Waals surface area contributed by atoms with Crippen molar-refractivity contribution < 1.29 is 9.90 Å². The van der Waals surface area contributed by atoms with E-state index >= 15 is 0 Å². The fourth-order valence-corrected chi connectivity index (χ4v) is 1.99. The second kappa shape index (κ2) is 4.78. The minimum Gasteiger partial charge on any atom is -0.478 e. The van der Waals surface area contributed by atoms with E-state index in [1.165, 1.54) is 22.9 Å². The predicted octanol–water partition coefficient (Wildman–Crippen LogP) is 2.61. The number of aryl methyl sites for hydroxylation is 1. The number of hydrogen-bond donors (Lipinski definition) is 1. The zero-order valence-corrected chi connectivity index (χ0v) is 11.1. The van der Waals surface area contributed by atoms with Gasteiger partial charge in [0.05, 0.1) is 11.3 Å². The molecule has 0 atom stereocenters. The molecule has 1 heterocycles. The van der Waals surface area contributed by atoms with E-state index in [0.717, 1.165) is 10.0 Å². The number of halogens is 1. The summed E-state index contributed by atoms with van der Waals surface area (Å²) in [5, 5.41) is 8.95. The second-order valence-corrected chi connectivity index (χ2v) is 4.78. The standard InChI is InChI=1S/C13H10BrNO3/c1-8-2-4-10(14)6-11(8)15-7-9(13(17)18)3-5-12(15)16/h2-7H,1H3,(H,17,18). The van der Waals surface area contributed by atoms with Crippen LogP contribution in [-0.4, -0.2) is 15.6 Å². The third-order valence-electron chi connectivity index (χ3n) is 2.59. The topological polar surface area (TPSA) is 59.3 Å². The molecule has 0 amide bonds. The van der Waals surface area contributed by atoms with Gasteiger partial charge in [-0.2, -0.15) is 0 Å². The van der Waals surface area contributed by atoms with Gasteiger partial charge in [-0.1, -0.05) is 22.0 Å². The van der Waals surface area contributed by atoms with Crippen LogP contribution in [0.15, 0.2) is 45.8 Å². The van der Waals surface area contributed by atoms with Crippen molar-refractivity contribution >= 4 is 21.9 Å². The molecule has 18 heavy (non-hydrogen) atoms. The van der Waals surface area contributed by atoms with Gasteiger partial charge in [0.1, 0.15) is 0 Å². The van der Waals surface area contributed by atoms with Crippen LogP contribution in [0.25, 0.3) is 5.69 Å². The Bertz CT molecular complexity index is 676. The van der Waals surface area contributed by atoms with Crippen molar-refractivity contribution in [3.63, 3.8) is 0 Å². The molecular weight excluding hydrogens is 298 g/mol. The summed E-state index contributed by atoms with van der Waals surface area (Å²) in [6.07, 6.45) is 1.33. The van der Waals surface area contributed by atoms with Crippen molar-refractivity contribution in [1.82, 2.24) is 4.57 Å². The molecule has 0 saturated heterocycles. The van der Waals surface area contributed by atoms with Gasteiger partial charge in [-0.3, -0.25) is 9.36 Å². The highest BCUT2D eigenvalue weighted by Gasteiger charge is 2.08. The number of carboxylic acids is 1. The second-order valence-electron chi connectivity index (χ2n) is 3.86. The Morgan fingerprint density at radius 1 is 1.28 bits per heavy atom. The van der Waals surface area contributed by atoms with E-state index < -0.39 is 5.97 Å². The van der Waals surface area contributed by atoms with Gasteiger partial charge in [0, 0.05) is 16.7 Å². The van der Waals surface area contributed by atoms with Crippen molar-refractivity contribution in [3.05, 3.63) is 62.5 Å². The Kier molecular flexibility index (Phi) is 3.34. The summed E-state index contributed by atoms with van der Waals surface area (Å²) in [5.41, 5.74) is 1.37. The van der Waals surface area contributed by atoms with Gasteiger partial charge in [-0.15, -0.1) is 0 Å². The molecule has 0 aliphatic carbocycles. The van der Waals surface area contributed by atoms with Gasteiger partial charge < -0.3 is 5.11 Å². The zero-order chi connectivity index (χ0) is 13.3. The molecule has 5 heteroatoms. The van der Waals surface area contributed by atoms with Crippen LogP contribution in [0.4, 0.5) is 0 Å². The number of carboxylic acid groups (broad SMARTS) is 1. The molecule has 1 aromatic carbocycles. The van der Waals surface area contributed by atoms with Crippen molar-refractivity contribution in [1.29, 1.82) is 0 Å². The first-order valence-electron chi connectivity index (χ1n) is 5.21. The minimum atomic E-state index is -1.06. The predicted molar refractivity (Wildman–Crippen MR) is 71.4 cm³/mol. The monoisotopic (exact) mass is 307 g/mol. The first kappa shape index (κ1) is 12.6. The average Bonchev–Trinajstić information content (AvgIpc) is 2.33. The fourth-order valence-electron chi connectivity index (χ4n) is 1.64. The van der Waals surface area contributed by atoms with E-state index in [9.17, 15) is 9.59 Å². The quantitative estimate of drug-likeness (QED) is 0.927. The number of aromatic nitrogens is 1. The van der Waals surface area contributed by atoms with Crippen LogP contribution in [0, 0.1) is 6.92 Å². The molecule has 2 aromatic rings. The number of aromatic carboxylic acids is 1. The molecule has 1 aromatic heterocycles. The summed E-state index contributed by atoms with van der Waals surface area (Å²) in [6, 6.07) is 8.06. The Labute approximate surface area is 112 Å². The molecule has 1 N–H and O–H groups in total. The first-order chi connectivity index (χ1) is 8.49. The van der Waals surface area contributed by atoms with Crippen LogP contribution in [0.5, 0.6) is 0 Å². The van der Waals surface area contributed by atoms with E-state index in [-0.39, 0.29) is 11.1 Å². The van der Waals surface area contributed by atoms with Gasteiger partial charge in [0.2, 0.25) is 0 Å². The van der Waals surface area contributed by atoms with Crippen LogP contribution in [0.1, 0.15) is 15.9 Å². The molecule has 0 fully saturated rings. The van der Waals surface area contributed by atoms with E-state index in [1.54, 1.807) is 6.07 Å². The summed E-state index contributed by atoms with van der Waals surface area (Å²) >= 11 is 3.33. The maximum absolute atomic E-state index is 11.8. The van der Waals surface area contributed by atoms with Crippen molar-refractivity contribution in [2.24, 2.45) is 0 Å². The lowest BCUT2D eigenvalue weighted by Crippen LogP contribution is -2.19. The van der Waals surface area contributed by atoms with Crippen LogP contribution in [-0.2, 0) is 0 Å². The zero-order valence-electron chi connectivity index (χ0n) is 9.55. The Morgan fingerprint density at radius 2 is 2.00 bits per heavy atom. The maximum atomic E-state index is 11.8. The van der Waals surface area contributed by atoms with Gasteiger partial charge in [-0.25, -0.2) is 4.79 Å². The fraction of sp³-hybridized carbons (Fsp3) is 0.0769. The molecule has 0 aliphatic heterocycles. The first-order valence-corrected chi connectivity index (χ1v) is 6.01. The molecule has 92 valence electrons. The summed E-state index contributed by atoms with van der Waals surface area (Å²) < 4.78 is 2.17. The lowest BCUT2D eigenvalue weighted by molar-refractivity contribution is 0.0696. The van der Waals surface area contributed by atoms with Crippen LogP contribution < -0.4 is 5.56 Å². The average molecular weight is 308 g/mol. The molecule has 4 nitrogen and oxygen atoms in total. The van der Waals surface area contributed by atoms with Crippen molar-refractivity contribution in [2.45, 2.75) is 6.92 Å². The summed E-state index contributed by atoms with van der Waals surface area (Å²) in [7, 11) is 0. The SMILES string of the molecule is Cc1ccc(Br)cc1-n1cc(C(=O)O)ccc1=O. The lowest BCUT2D eigenvalue weighted by Gasteiger charge is -2.10. The molecule has 0 bridgehead atoms. The smallest absolute Gasteiger partial charge is 0.337 e. The maximum Gasteiger partial charge on any atom is 0.337 e. The van der Waals surface area contributed by atoms with Crippen LogP contribution in [0.3, 0.4) is 0 Å². The Hall–Kier alpha value is -1.88. The van der Waals surface area contributed by atoms with Gasteiger partial charge in [-0.05, 0) is 30.7 Å². The molecular formula is C13H10BrNO3. The van der Waals surface area contributed by atoms with E-state index in [1.807, 2.05) is 19.1 Å². The van der Waals surface area contributed by atoms with E-state index in [0.29, 0.717) is 5.69 Å². The molecule has 0 spiro atoms. The summed E-state index contributed by atoms with van der Waals surface area (Å²) in [4.78, 5) is 22.7. The third-order valence-corrected chi connectivity index (χ3v) is 3.08. The highest BCUT2D eigenvalue weighted by molar-refractivity contribution is 9.10. The highest BCUT2D eigenvalue weighted by Crippen LogP contribution is 2.18. The largest absolute Gasteiger partial charge is 0.478 e. The van der Waals surface area contributed by atoms with E-state index in [2.05, 4.69) is 15.9 Å². The Morgan fingerprint density at radius 3 is 2.67 bits per heavy atom. The molecule has 0 saturated carbocycles. The van der Waals surface area contributed by atoms with E-state index in [4.69, 9.17) is 5.11 Å².